The van der Waals surface area contributed by atoms with Gasteiger partial charge in [0.1, 0.15) is 18.2 Å². The van der Waals surface area contributed by atoms with E-state index < -0.39 is 50.1 Å². The maximum atomic E-state index is 14.3. The number of carboxylic acids is 1. The quantitative estimate of drug-likeness (QED) is 0.349. The van der Waals surface area contributed by atoms with Crippen molar-refractivity contribution < 1.29 is 47.6 Å². The molecule has 2 heterocycles. The molecule has 0 atom stereocenters. The Bertz CT molecular complexity index is 1180. The van der Waals surface area contributed by atoms with Crippen molar-refractivity contribution in [3.63, 3.8) is 0 Å². The number of hydrogen-bond acceptors (Lipinski definition) is 7. The van der Waals surface area contributed by atoms with Gasteiger partial charge in [0.05, 0.1) is 13.2 Å². The van der Waals surface area contributed by atoms with Crippen LogP contribution in [0.1, 0.15) is 44.7 Å². The minimum absolute atomic E-state index is 0.0200. The number of carbonyl (C=O) groups is 3. The van der Waals surface area contributed by atoms with E-state index in [2.05, 4.69) is 0 Å². The average Bonchev–Trinajstić information content (AvgIpc) is 3.35. The normalized spacial score (nSPS) is 14.2. The molecular weight excluding hydrogens is 454 g/mol. The standard InChI is InChI=1S/C21H19B2F2NO8/c24-17-6-11(4-15-13(17)9-33-22(15)31)19(27)2-1-3-26(8-20(28)29)21(30)12-5-16-14(18(25)7-12)10-34-23(16)32/h4-7,31-32H,1-3,8-10H2,(H,28,29). The van der Waals surface area contributed by atoms with Gasteiger partial charge >= 0.3 is 20.2 Å². The molecule has 9 nitrogen and oxygen atoms in total. The first-order valence-electron chi connectivity index (χ1n) is 10.4. The van der Waals surface area contributed by atoms with Crippen LogP contribution in [0.15, 0.2) is 24.3 Å². The Kier molecular flexibility index (Phi) is 6.80. The third kappa shape index (κ3) is 4.73. The van der Waals surface area contributed by atoms with Crippen LogP contribution >= 0.6 is 0 Å². The SMILES string of the molecule is O=C(O)CN(CCCC(=O)c1cc(F)c2c(c1)B(O)OC2)C(=O)c1cc(F)c2c(c1)B(O)OC2. The minimum atomic E-state index is -1.39. The van der Waals surface area contributed by atoms with E-state index in [0.717, 1.165) is 17.0 Å². The van der Waals surface area contributed by atoms with Crippen LogP contribution in [-0.4, -0.2) is 65.0 Å². The van der Waals surface area contributed by atoms with Crippen LogP contribution in [0, 0.1) is 11.6 Å². The van der Waals surface area contributed by atoms with Gasteiger partial charge in [-0.3, -0.25) is 14.4 Å². The molecule has 2 aromatic carbocycles. The minimum Gasteiger partial charge on any atom is -0.480 e. The van der Waals surface area contributed by atoms with Crippen LogP contribution in [0.5, 0.6) is 0 Å². The Morgan fingerprint density at radius 3 is 2.00 bits per heavy atom. The molecule has 2 aliphatic heterocycles. The lowest BCUT2D eigenvalue weighted by molar-refractivity contribution is -0.137. The van der Waals surface area contributed by atoms with E-state index in [4.69, 9.17) is 9.31 Å². The van der Waals surface area contributed by atoms with Gasteiger partial charge in [-0.15, -0.1) is 0 Å². The molecule has 0 spiro atoms. The summed E-state index contributed by atoms with van der Waals surface area (Å²) < 4.78 is 38.4. The second-order valence-electron chi connectivity index (χ2n) is 8.03. The summed E-state index contributed by atoms with van der Waals surface area (Å²) in [6.45, 7) is -1.09. The molecule has 176 valence electrons. The monoisotopic (exact) mass is 473 g/mol. The first-order chi connectivity index (χ1) is 16.2. The molecule has 1 amide bonds. The van der Waals surface area contributed by atoms with Crippen LogP contribution in [-0.2, 0) is 27.3 Å². The molecular formula is C21H19B2F2NO8. The second-order valence-corrected chi connectivity index (χ2v) is 8.03. The van der Waals surface area contributed by atoms with Gasteiger partial charge in [0.2, 0.25) is 0 Å². The summed E-state index contributed by atoms with van der Waals surface area (Å²) in [6.07, 6.45) is -0.0849. The Labute approximate surface area is 193 Å². The van der Waals surface area contributed by atoms with Gasteiger partial charge < -0.3 is 29.4 Å². The van der Waals surface area contributed by atoms with Crippen molar-refractivity contribution in [2.45, 2.75) is 26.1 Å². The predicted octanol–water partition coefficient (Wildman–Crippen LogP) is -0.410. The smallest absolute Gasteiger partial charge is 0.480 e. The summed E-state index contributed by atoms with van der Waals surface area (Å²) in [7, 11) is -2.71. The maximum Gasteiger partial charge on any atom is 0.491 e. The molecule has 2 aromatic rings. The van der Waals surface area contributed by atoms with E-state index in [1.54, 1.807) is 0 Å². The number of hydrogen-bond donors (Lipinski definition) is 3. The number of benzene rings is 2. The van der Waals surface area contributed by atoms with Gasteiger partial charge in [-0.05, 0) is 35.5 Å². The molecule has 0 unspecified atom stereocenters. The van der Waals surface area contributed by atoms with Crippen LogP contribution in [0.4, 0.5) is 8.78 Å². The molecule has 0 aromatic heterocycles. The highest BCUT2D eigenvalue weighted by atomic mass is 19.1. The topological polar surface area (TPSA) is 134 Å². The first-order valence-corrected chi connectivity index (χ1v) is 10.4. The second kappa shape index (κ2) is 9.63. The highest BCUT2D eigenvalue weighted by molar-refractivity contribution is 6.62. The lowest BCUT2D eigenvalue weighted by Crippen LogP contribution is -2.38. The summed E-state index contributed by atoms with van der Waals surface area (Å²) in [6, 6.07) is 4.59. The molecule has 0 saturated carbocycles. The zero-order valence-corrected chi connectivity index (χ0v) is 17.8. The van der Waals surface area contributed by atoms with E-state index in [9.17, 15) is 38.3 Å². The Morgan fingerprint density at radius 1 is 0.912 bits per heavy atom. The Hall–Kier alpha value is -3.12. The third-order valence-electron chi connectivity index (χ3n) is 5.78. The fourth-order valence-corrected chi connectivity index (χ4v) is 4.02. The third-order valence-corrected chi connectivity index (χ3v) is 5.78. The van der Waals surface area contributed by atoms with Gasteiger partial charge in [-0.1, -0.05) is 6.07 Å². The van der Waals surface area contributed by atoms with Crippen molar-refractivity contribution in [2.75, 3.05) is 13.1 Å². The van der Waals surface area contributed by atoms with Crippen LogP contribution in [0.3, 0.4) is 0 Å². The lowest BCUT2D eigenvalue weighted by Gasteiger charge is -2.21. The zero-order chi connectivity index (χ0) is 24.6. The number of carboxylic acid groups (broad SMARTS) is 1. The first kappa shape index (κ1) is 24.0. The summed E-state index contributed by atoms with van der Waals surface area (Å²) in [5, 5.41) is 28.8. The molecule has 4 rings (SSSR count). The average molecular weight is 473 g/mol. The van der Waals surface area contributed by atoms with Crippen molar-refractivity contribution in [2.24, 2.45) is 0 Å². The number of nitrogens with zero attached hydrogens (tertiary/aromatic N) is 1. The number of aliphatic carboxylic acids is 1. The van der Waals surface area contributed by atoms with Crippen LogP contribution in [0.2, 0.25) is 0 Å². The van der Waals surface area contributed by atoms with Crippen molar-refractivity contribution in [3.05, 3.63) is 58.2 Å². The van der Waals surface area contributed by atoms with E-state index in [0.29, 0.717) is 0 Å². The molecule has 2 aliphatic rings. The molecule has 3 N–H and O–H groups in total. The van der Waals surface area contributed by atoms with Gasteiger partial charge in [0, 0.05) is 35.2 Å². The summed E-state index contributed by atoms with van der Waals surface area (Å²) >= 11 is 0. The van der Waals surface area contributed by atoms with E-state index in [-0.39, 0.29) is 65.8 Å². The highest BCUT2D eigenvalue weighted by Crippen LogP contribution is 2.19. The number of carbonyl (C=O) groups excluding carboxylic acids is 2. The van der Waals surface area contributed by atoms with E-state index in [1.807, 2.05) is 0 Å². The summed E-state index contributed by atoms with van der Waals surface area (Å²) in [5.41, 5.74) is 0.431. The van der Waals surface area contributed by atoms with Gasteiger partial charge in [-0.25, -0.2) is 8.78 Å². The number of fused-ring (bicyclic) bond motifs is 2. The molecule has 0 saturated heterocycles. The molecule has 0 bridgehead atoms. The highest BCUT2D eigenvalue weighted by Gasteiger charge is 2.33. The summed E-state index contributed by atoms with van der Waals surface area (Å²) in [4.78, 5) is 37.7. The molecule has 0 fully saturated rings. The number of ketones is 1. The number of Topliss-reactive ketones (excluding diaryl/α,β-unsaturated/α-hetero) is 1. The fourth-order valence-electron chi connectivity index (χ4n) is 4.02. The maximum absolute atomic E-state index is 14.3. The molecule has 0 radical (unpaired) electrons. The largest absolute Gasteiger partial charge is 0.491 e. The van der Waals surface area contributed by atoms with Crippen molar-refractivity contribution in [1.82, 2.24) is 4.90 Å². The Balaban J connectivity index is 1.45. The molecule has 13 heteroatoms. The molecule has 0 aliphatic carbocycles. The van der Waals surface area contributed by atoms with Crippen molar-refractivity contribution in [3.8, 4) is 0 Å². The van der Waals surface area contributed by atoms with E-state index >= 15 is 0 Å². The number of rotatable bonds is 8. The van der Waals surface area contributed by atoms with Gasteiger partial charge in [-0.2, -0.15) is 0 Å². The van der Waals surface area contributed by atoms with Crippen LogP contribution < -0.4 is 10.9 Å². The summed E-state index contributed by atoms with van der Waals surface area (Å²) in [5.74, 6) is -4.00. The Morgan fingerprint density at radius 2 is 1.44 bits per heavy atom. The number of halogens is 2. The van der Waals surface area contributed by atoms with Crippen molar-refractivity contribution >= 4 is 42.8 Å². The zero-order valence-electron chi connectivity index (χ0n) is 17.8. The predicted molar refractivity (Wildman–Crippen MR) is 115 cm³/mol. The van der Waals surface area contributed by atoms with Gasteiger partial charge in [0.25, 0.3) is 5.91 Å². The van der Waals surface area contributed by atoms with Crippen LogP contribution in [0.25, 0.3) is 0 Å². The lowest BCUT2D eigenvalue weighted by atomic mass is 9.78. The molecule has 34 heavy (non-hydrogen) atoms. The number of amides is 1. The van der Waals surface area contributed by atoms with E-state index in [1.165, 1.54) is 12.1 Å². The van der Waals surface area contributed by atoms with Crippen molar-refractivity contribution in [1.29, 1.82) is 0 Å². The van der Waals surface area contributed by atoms with Gasteiger partial charge in [0.15, 0.2) is 5.78 Å². The fraction of sp³-hybridized carbons (Fsp3) is 0.286.